The smallest absolute Gasteiger partial charge is 0.329 e. The SMILES string of the molecule is NCCN(C(=O)C(F)(F)F)c1ccccc1Cl. The van der Waals surface area contributed by atoms with Crippen LogP contribution in [0.5, 0.6) is 0 Å². The normalized spacial score (nSPS) is 11.4. The summed E-state index contributed by atoms with van der Waals surface area (Å²) >= 11 is 5.75. The van der Waals surface area contributed by atoms with E-state index >= 15 is 0 Å². The Hall–Kier alpha value is -1.27. The summed E-state index contributed by atoms with van der Waals surface area (Å²) in [6.07, 6.45) is -4.95. The standard InChI is InChI=1S/C10H10ClF3N2O/c11-7-3-1-2-4-8(7)16(6-5-15)9(17)10(12,13)14/h1-4H,5-6,15H2. The Balaban J connectivity index is 3.10. The second-order valence-corrected chi connectivity index (χ2v) is 3.60. The van der Waals surface area contributed by atoms with Crippen molar-refractivity contribution in [3.05, 3.63) is 29.3 Å². The Morgan fingerprint density at radius 1 is 1.35 bits per heavy atom. The summed E-state index contributed by atoms with van der Waals surface area (Å²) in [7, 11) is 0. The number of amides is 1. The van der Waals surface area contributed by atoms with E-state index in [-0.39, 0.29) is 23.8 Å². The summed E-state index contributed by atoms with van der Waals surface area (Å²) in [4.78, 5) is 11.7. The van der Waals surface area contributed by atoms with Crippen LogP contribution in [0.25, 0.3) is 0 Å². The monoisotopic (exact) mass is 266 g/mol. The van der Waals surface area contributed by atoms with Crippen molar-refractivity contribution in [3.63, 3.8) is 0 Å². The second kappa shape index (κ2) is 5.37. The third-order valence-corrected chi connectivity index (χ3v) is 2.30. The first-order chi connectivity index (χ1) is 7.88. The number of halogens is 4. The Labute approximate surface area is 101 Å². The number of carbonyl (C=O) groups excluding carboxylic acids is 1. The van der Waals surface area contributed by atoms with Crippen molar-refractivity contribution in [3.8, 4) is 0 Å². The third-order valence-electron chi connectivity index (χ3n) is 1.98. The summed E-state index contributed by atoms with van der Waals surface area (Å²) in [5, 5.41) is 0.0681. The fraction of sp³-hybridized carbons (Fsp3) is 0.300. The molecule has 94 valence electrons. The zero-order valence-electron chi connectivity index (χ0n) is 8.67. The highest BCUT2D eigenvalue weighted by Crippen LogP contribution is 2.29. The number of hydrogen-bond donors (Lipinski definition) is 1. The van der Waals surface area contributed by atoms with Crippen LogP contribution in [0.3, 0.4) is 0 Å². The molecule has 17 heavy (non-hydrogen) atoms. The maximum atomic E-state index is 12.4. The van der Waals surface area contributed by atoms with Gasteiger partial charge in [0, 0.05) is 13.1 Å². The van der Waals surface area contributed by atoms with Crippen molar-refractivity contribution in [1.82, 2.24) is 0 Å². The predicted octanol–water partition coefficient (Wildman–Crippen LogP) is 2.19. The highest BCUT2D eigenvalue weighted by Gasteiger charge is 2.43. The van der Waals surface area contributed by atoms with Crippen molar-refractivity contribution in [2.24, 2.45) is 5.73 Å². The lowest BCUT2D eigenvalue weighted by atomic mass is 10.2. The van der Waals surface area contributed by atoms with Gasteiger partial charge in [0.05, 0.1) is 10.7 Å². The molecule has 0 aromatic heterocycles. The van der Waals surface area contributed by atoms with E-state index in [0.717, 1.165) is 0 Å². The van der Waals surface area contributed by atoms with Crippen LogP contribution in [-0.4, -0.2) is 25.2 Å². The third kappa shape index (κ3) is 3.34. The summed E-state index contributed by atoms with van der Waals surface area (Å²) < 4.78 is 37.1. The topological polar surface area (TPSA) is 46.3 Å². The molecule has 0 fully saturated rings. The highest BCUT2D eigenvalue weighted by atomic mass is 35.5. The number of hydrogen-bond acceptors (Lipinski definition) is 2. The van der Waals surface area contributed by atoms with Gasteiger partial charge in [-0.3, -0.25) is 4.79 Å². The number of nitrogens with zero attached hydrogens (tertiary/aromatic N) is 1. The quantitative estimate of drug-likeness (QED) is 0.912. The van der Waals surface area contributed by atoms with Gasteiger partial charge in [-0.05, 0) is 12.1 Å². The van der Waals surface area contributed by atoms with Gasteiger partial charge in [0.15, 0.2) is 0 Å². The van der Waals surface area contributed by atoms with Gasteiger partial charge in [0.25, 0.3) is 0 Å². The van der Waals surface area contributed by atoms with Gasteiger partial charge in [-0.2, -0.15) is 13.2 Å². The molecule has 1 aromatic rings. The van der Waals surface area contributed by atoms with Crippen molar-refractivity contribution in [2.45, 2.75) is 6.18 Å². The number of nitrogens with two attached hydrogens (primary N) is 1. The molecule has 0 aliphatic rings. The predicted molar refractivity (Wildman–Crippen MR) is 58.9 cm³/mol. The molecule has 0 spiro atoms. The molecular weight excluding hydrogens is 257 g/mol. The first kappa shape index (κ1) is 13.8. The van der Waals surface area contributed by atoms with E-state index in [9.17, 15) is 18.0 Å². The molecule has 3 nitrogen and oxygen atoms in total. The van der Waals surface area contributed by atoms with E-state index in [1.807, 2.05) is 0 Å². The molecular formula is C10H10ClF3N2O. The van der Waals surface area contributed by atoms with Gasteiger partial charge in [-0.1, -0.05) is 23.7 Å². The zero-order chi connectivity index (χ0) is 13.1. The zero-order valence-corrected chi connectivity index (χ0v) is 9.42. The molecule has 0 saturated carbocycles. The van der Waals surface area contributed by atoms with Crippen LogP contribution in [0.15, 0.2) is 24.3 Å². The van der Waals surface area contributed by atoms with E-state index < -0.39 is 12.1 Å². The van der Waals surface area contributed by atoms with E-state index in [4.69, 9.17) is 17.3 Å². The van der Waals surface area contributed by atoms with Crippen molar-refractivity contribution >= 4 is 23.2 Å². The van der Waals surface area contributed by atoms with Gasteiger partial charge in [0.1, 0.15) is 0 Å². The average molecular weight is 267 g/mol. The van der Waals surface area contributed by atoms with Crippen LogP contribution in [0, 0.1) is 0 Å². The summed E-state index contributed by atoms with van der Waals surface area (Å²) in [6, 6.07) is 5.80. The molecule has 1 amide bonds. The largest absolute Gasteiger partial charge is 0.471 e. The lowest BCUT2D eigenvalue weighted by molar-refractivity contribution is -0.170. The number of rotatable bonds is 3. The molecule has 1 rings (SSSR count). The maximum absolute atomic E-state index is 12.4. The molecule has 0 aliphatic heterocycles. The minimum Gasteiger partial charge on any atom is -0.329 e. The molecule has 0 aliphatic carbocycles. The second-order valence-electron chi connectivity index (χ2n) is 3.19. The number of carbonyl (C=O) groups is 1. The van der Waals surface area contributed by atoms with Crippen LogP contribution in [0.1, 0.15) is 0 Å². The minimum absolute atomic E-state index is 0.00180. The molecule has 1 aromatic carbocycles. The molecule has 2 N–H and O–H groups in total. The number of alkyl halides is 3. The van der Waals surface area contributed by atoms with Crippen molar-refractivity contribution < 1.29 is 18.0 Å². The summed E-state index contributed by atoms with van der Waals surface area (Å²) in [5.41, 5.74) is 5.20. The fourth-order valence-electron chi connectivity index (χ4n) is 1.28. The van der Waals surface area contributed by atoms with Crippen LogP contribution in [0.4, 0.5) is 18.9 Å². The minimum atomic E-state index is -4.95. The van der Waals surface area contributed by atoms with Gasteiger partial charge < -0.3 is 10.6 Å². The Kier molecular flexibility index (Phi) is 4.36. The number of benzene rings is 1. The van der Waals surface area contributed by atoms with Crippen LogP contribution in [-0.2, 0) is 4.79 Å². The highest BCUT2D eigenvalue weighted by molar-refractivity contribution is 6.33. The molecule has 0 radical (unpaired) electrons. The van der Waals surface area contributed by atoms with E-state index in [1.54, 1.807) is 6.07 Å². The summed E-state index contributed by atoms with van der Waals surface area (Å²) in [6.45, 7) is -0.338. The van der Waals surface area contributed by atoms with E-state index in [1.165, 1.54) is 18.2 Å². The van der Waals surface area contributed by atoms with Gasteiger partial charge in [0.2, 0.25) is 0 Å². The lowest BCUT2D eigenvalue weighted by Gasteiger charge is -2.24. The van der Waals surface area contributed by atoms with Crippen LogP contribution < -0.4 is 10.6 Å². The van der Waals surface area contributed by atoms with Crippen molar-refractivity contribution in [2.75, 3.05) is 18.0 Å². The Bertz CT molecular complexity index is 409. The maximum Gasteiger partial charge on any atom is 0.471 e. The van der Waals surface area contributed by atoms with Crippen molar-refractivity contribution in [1.29, 1.82) is 0 Å². The molecule has 0 unspecified atom stereocenters. The number of anilines is 1. The number of para-hydroxylation sites is 1. The first-order valence-corrected chi connectivity index (χ1v) is 5.09. The first-order valence-electron chi connectivity index (χ1n) is 4.71. The van der Waals surface area contributed by atoms with Gasteiger partial charge in [-0.15, -0.1) is 0 Å². The van der Waals surface area contributed by atoms with Gasteiger partial charge >= 0.3 is 12.1 Å². The molecule has 0 atom stereocenters. The molecule has 0 bridgehead atoms. The van der Waals surface area contributed by atoms with Crippen LogP contribution in [0.2, 0.25) is 5.02 Å². The van der Waals surface area contributed by atoms with E-state index in [0.29, 0.717) is 4.90 Å². The summed E-state index contributed by atoms with van der Waals surface area (Å²) in [5.74, 6) is -1.98. The molecule has 7 heteroatoms. The molecule has 0 saturated heterocycles. The Morgan fingerprint density at radius 3 is 2.41 bits per heavy atom. The fourth-order valence-corrected chi connectivity index (χ4v) is 1.52. The lowest BCUT2D eigenvalue weighted by Crippen LogP contribution is -2.43. The van der Waals surface area contributed by atoms with Crippen LogP contribution >= 0.6 is 11.6 Å². The average Bonchev–Trinajstić information content (AvgIpc) is 2.25. The molecule has 0 heterocycles. The van der Waals surface area contributed by atoms with E-state index in [2.05, 4.69) is 0 Å². The van der Waals surface area contributed by atoms with Gasteiger partial charge in [-0.25, -0.2) is 0 Å². The Morgan fingerprint density at radius 2 is 1.94 bits per heavy atom.